The molecule has 1 heterocycles. The van der Waals surface area contributed by atoms with Crippen LogP contribution in [0.4, 0.5) is 0 Å². The van der Waals surface area contributed by atoms with Crippen molar-refractivity contribution in [2.24, 2.45) is 11.8 Å². The van der Waals surface area contributed by atoms with Crippen molar-refractivity contribution in [3.05, 3.63) is 0 Å². The Hall–Kier alpha value is -0.630. The van der Waals surface area contributed by atoms with Crippen molar-refractivity contribution in [3.63, 3.8) is 0 Å². The fraction of sp³-hybridized carbons (Fsp3) is 0.900. The van der Waals surface area contributed by atoms with Crippen molar-refractivity contribution in [2.75, 3.05) is 6.61 Å². The predicted octanol–water partition coefficient (Wildman–Crippen LogP) is 0.0469. The quantitative estimate of drug-likeness (QED) is 0.656. The smallest absolute Gasteiger partial charge is 0.0712 e. The molecule has 1 unspecified atom stereocenters. The summed E-state index contributed by atoms with van der Waals surface area (Å²) in [7, 11) is 0. The lowest BCUT2D eigenvalue weighted by atomic mass is 9.91. The molecule has 4 nitrogen and oxygen atoms in total. The second-order valence-electron chi connectivity index (χ2n) is 4.21. The molecule has 1 saturated heterocycles. The Bertz CT molecular complexity index is 250. The maximum atomic E-state index is 9.61. The van der Waals surface area contributed by atoms with Crippen LogP contribution in [0.15, 0.2) is 0 Å². The number of rotatable bonds is 2. The van der Waals surface area contributed by atoms with Crippen LogP contribution in [0.2, 0.25) is 0 Å². The van der Waals surface area contributed by atoms with Crippen molar-refractivity contribution in [1.29, 1.82) is 5.26 Å². The molecule has 0 spiro atoms. The summed E-state index contributed by atoms with van der Waals surface area (Å²) in [6.07, 6.45) is 1.47. The van der Waals surface area contributed by atoms with Gasteiger partial charge in [-0.1, -0.05) is 0 Å². The third kappa shape index (κ3) is 1.52. The molecule has 1 saturated carbocycles. The minimum atomic E-state index is -0.432. The van der Waals surface area contributed by atoms with Crippen LogP contribution in [0.3, 0.4) is 0 Å². The first-order valence-corrected chi connectivity index (χ1v) is 5.07. The van der Waals surface area contributed by atoms with Crippen LogP contribution < -0.4 is 0 Å². The number of hydrogen-bond acceptors (Lipinski definition) is 4. The van der Waals surface area contributed by atoms with Crippen molar-refractivity contribution >= 4 is 0 Å². The van der Waals surface area contributed by atoms with E-state index in [1.54, 1.807) is 0 Å². The van der Waals surface area contributed by atoms with Crippen molar-refractivity contribution in [1.82, 2.24) is 0 Å². The molecule has 0 aromatic heterocycles. The van der Waals surface area contributed by atoms with Gasteiger partial charge in [0.25, 0.3) is 0 Å². The van der Waals surface area contributed by atoms with E-state index < -0.39 is 6.10 Å². The summed E-state index contributed by atoms with van der Waals surface area (Å²) in [4.78, 5) is 0. The number of hydrogen-bond donors (Lipinski definition) is 2. The molecule has 78 valence electrons. The van der Waals surface area contributed by atoms with Crippen LogP contribution in [0.1, 0.15) is 19.3 Å². The zero-order chi connectivity index (χ0) is 10.1. The van der Waals surface area contributed by atoms with E-state index in [0.717, 1.165) is 6.42 Å². The van der Waals surface area contributed by atoms with Gasteiger partial charge in [0.2, 0.25) is 0 Å². The SMILES string of the molecule is N#CCC1C[C@@H]2[C@@H](CO)[C@H](O)C[C@@H]2O1. The molecule has 0 radical (unpaired) electrons. The van der Waals surface area contributed by atoms with Crippen LogP contribution in [-0.2, 0) is 4.74 Å². The molecular weight excluding hydrogens is 182 g/mol. The summed E-state index contributed by atoms with van der Waals surface area (Å²) in [5.41, 5.74) is 0. The van der Waals surface area contributed by atoms with E-state index in [9.17, 15) is 5.11 Å². The minimum Gasteiger partial charge on any atom is -0.396 e. The first-order valence-electron chi connectivity index (χ1n) is 5.07. The van der Waals surface area contributed by atoms with Crippen LogP contribution in [-0.4, -0.2) is 35.1 Å². The minimum absolute atomic E-state index is 0.0107. The van der Waals surface area contributed by atoms with Gasteiger partial charge in [-0.2, -0.15) is 5.26 Å². The van der Waals surface area contributed by atoms with E-state index in [1.165, 1.54) is 0 Å². The number of ether oxygens (including phenoxy) is 1. The Morgan fingerprint density at radius 1 is 1.43 bits per heavy atom. The normalized spacial score (nSPS) is 46.2. The van der Waals surface area contributed by atoms with E-state index >= 15 is 0 Å². The van der Waals surface area contributed by atoms with Crippen molar-refractivity contribution < 1.29 is 14.9 Å². The summed E-state index contributed by atoms with van der Waals surface area (Å²) >= 11 is 0. The molecule has 1 aliphatic carbocycles. The summed E-state index contributed by atoms with van der Waals surface area (Å²) in [6, 6.07) is 2.09. The Kier molecular flexibility index (Phi) is 2.73. The first kappa shape index (κ1) is 9.91. The van der Waals surface area contributed by atoms with Gasteiger partial charge in [0, 0.05) is 18.9 Å². The highest BCUT2D eigenvalue weighted by Crippen LogP contribution is 2.43. The van der Waals surface area contributed by atoms with Gasteiger partial charge in [0.1, 0.15) is 0 Å². The highest BCUT2D eigenvalue weighted by atomic mass is 16.5. The standard InChI is InChI=1S/C10H15NO3/c11-2-1-6-3-7-8(5-12)9(13)4-10(7)14-6/h6-10,12-13H,1,3-5H2/t6?,7-,8-,9-,10+/m1/s1. The first-order chi connectivity index (χ1) is 6.76. The predicted molar refractivity (Wildman–Crippen MR) is 48.2 cm³/mol. The highest BCUT2D eigenvalue weighted by molar-refractivity contribution is 4.98. The summed E-state index contributed by atoms with van der Waals surface area (Å²) in [5, 5.41) is 27.3. The topological polar surface area (TPSA) is 73.5 Å². The van der Waals surface area contributed by atoms with Gasteiger partial charge in [-0.25, -0.2) is 0 Å². The Balaban J connectivity index is 1.99. The highest BCUT2D eigenvalue weighted by Gasteiger charge is 2.48. The van der Waals surface area contributed by atoms with Gasteiger partial charge < -0.3 is 14.9 Å². The summed E-state index contributed by atoms with van der Waals surface area (Å²) in [5.74, 6) is 0.192. The zero-order valence-corrected chi connectivity index (χ0v) is 7.97. The lowest BCUT2D eigenvalue weighted by Crippen LogP contribution is -2.23. The number of fused-ring (bicyclic) bond motifs is 1. The molecule has 2 fully saturated rings. The molecule has 4 heteroatoms. The van der Waals surface area contributed by atoms with Gasteiger partial charge in [-0.15, -0.1) is 0 Å². The lowest BCUT2D eigenvalue weighted by molar-refractivity contribution is 0.0286. The van der Waals surface area contributed by atoms with Gasteiger partial charge in [-0.3, -0.25) is 0 Å². The number of aliphatic hydroxyl groups excluding tert-OH is 2. The third-order valence-electron chi connectivity index (χ3n) is 3.43. The molecule has 0 bridgehead atoms. The van der Waals surface area contributed by atoms with Gasteiger partial charge >= 0.3 is 0 Å². The van der Waals surface area contributed by atoms with Crippen molar-refractivity contribution in [3.8, 4) is 6.07 Å². The maximum Gasteiger partial charge on any atom is 0.0712 e. The average Bonchev–Trinajstić information content (AvgIpc) is 2.61. The molecule has 0 aromatic rings. The van der Waals surface area contributed by atoms with Crippen molar-refractivity contribution in [2.45, 2.75) is 37.6 Å². The van der Waals surface area contributed by atoms with Crippen LogP contribution in [0.25, 0.3) is 0 Å². The molecule has 1 aliphatic heterocycles. The molecule has 14 heavy (non-hydrogen) atoms. The second-order valence-corrected chi connectivity index (χ2v) is 4.21. The number of nitrogens with zero attached hydrogens (tertiary/aromatic N) is 1. The third-order valence-corrected chi connectivity index (χ3v) is 3.43. The van der Waals surface area contributed by atoms with Crippen LogP contribution >= 0.6 is 0 Å². The molecule has 0 amide bonds. The molecule has 2 rings (SSSR count). The number of nitriles is 1. The van der Waals surface area contributed by atoms with E-state index in [-0.39, 0.29) is 30.7 Å². The van der Waals surface area contributed by atoms with Gasteiger partial charge in [0.05, 0.1) is 30.8 Å². The average molecular weight is 197 g/mol. The summed E-state index contributed by atoms with van der Waals surface area (Å²) in [6.45, 7) is 0.0188. The van der Waals surface area contributed by atoms with E-state index in [0.29, 0.717) is 12.8 Å². The van der Waals surface area contributed by atoms with Gasteiger partial charge in [0.15, 0.2) is 0 Å². The largest absolute Gasteiger partial charge is 0.396 e. The molecular formula is C10H15NO3. The Morgan fingerprint density at radius 3 is 2.86 bits per heavy atom. The van der Waals surface area contributed by atoms with Gasteiger partial charge in [-0.05, 0) is 12.3 Å². The van der Waals surface area contributed by atoms with E-state index in [1.807, 2.05) is 0 Å². The Morgan fingerprint density at radius 2 is 2.21 bits per heavy atom. The van der Waals surface area contributed by atoms with E-state index in [4.69, 9.17) is 15.1 Å². The van der Waals surface area contributed by atoms with Crippen LogP contribution in [0.5, 0.6) is 0 Å². The monoisotopic (exact) mass is 197 g/mol. The molecule has 5 atom stereocenters. The van der Waals surface area contributed by atoms with E-state index in [2.05, 4.69) is 6.07 Å². The Labute approximate surface area is 83.1 Å². The second kappa shape index (κ2) is 3.85. The maximum absolute atomic E-state index is 9.61. The number of aliphatic hydroxyl groups is 2. The lowest BCUT2D eigenvalue weighted by Gasteiger charge is -2.17. The molecule has 0 aromatic carbocycles. The van der Waals surface area contributed by atoms with Crippen LogP contribution in [0, 0.1) is 23.2 Å². The molecule has 2 aliphatic rings. The summed E-state index contributed by atoms with van der Waals surface area (Å²) < 4.78 is 5.63. The molecule has 2 N–H and O–H groups in total. The fourth-order valence-electron chi connectivity index (χ4n) is 2.73. The fourth-order valence-corrected chi connectivity index (χ4v) is 2.73. The zero-order valence-electron chi connectivity index (χ0n) is 7.97.